The summed E-state index contributed by atoms with van der Waals surface area (Å²) in [5, 5.41) is 9.97. The summed E-state index contributed by atoms with van der Waals surface area (Å²) in [6, 6.07) is 5.45. The van der Waals surface area contributed by atoms with Crippen molar-refractivity contribution in [3.8, 4) is 0 Å². The molecular weight excluding hydrogens is 304 g/mol. The van der Waals surface area contributed by atoms with E-state index in [1.54, 1.807) is 6.07 Å². The van der Waals surface area contributed by atoms with Crippen molar-refractivity contribution >= 4 is 15.9 Å². The van der Waals surface area contributed by atoms with Crippen LogP contribution >= 0.6 is 15.9 Å². The van der Waals surface area contributed by atoms with Crippen LogP contribution in [0, 0.1) is 11.6 Å². The van der Waals surface area contributed by atoms with Crippen molar-refractivity contribution in [1.29, 1.82) is 0 Å². The number of aliphatic hydroxyl groups is 1. The highest BCUT2D eigenvalue weighted by molar-refractivity contribution is 9.10. The fraction of sp³-hybridized carbons (Fsp3) is 0.154. The normalized spacial score (nSPS) is 12.4. The molecule has 18 heavy (non-hydrogen) atoms. The molecule has 2 nitrogen and oxygen atoms in total. The molecule has 0 aliphatic heterocycles. The maximum Gasteiger partial charge on any atom is 0.141 e. The second-order valence-corrected chi connectivity index (χ2v) is 4.75. The Labute approximate surface area is 111 Å². The summed E-state index contributed by atoms with van der Waals surface area (Å²) in [4.78, 5) is 3.68. The Morgan fingerprint density at radius 3 is 2.61 bits per heavy atom. The van der Waals surface area contributed by atoms with Crippen molar-refractivity contribution in [2.75, 3.05) is 0 Å². The molecule has 1 unspecified atom stereocenters. The van der Waals surface area contributed by atoms with Crippen molar-refractivity contribution in [2.24, 2.45) is 0 Å². The zero-order valence-electron chi connectivity index (χ0n) is 9.28. The van der Waals surface area contributed by atoms with Crippen LogP contribution in [0.25, 0.3) is 0 Å². The van der Waals surface area contributed by atoms with Crippen LogP contribution in [-0.4, -0.2) is 10.1 Å². The zero-order chi connectivity index (χ0) is 13.1. The number of nitrogens with zero attached hydrogens (tertiary/aromatic N) is 1. The predicted octanol–water partition coefficient (Wildman–Crippen LogP) is 3.40. The Hall–Kier alpha value is -1.33. The minimum absolute atomic E-state index is 0.256. The number of pyridine rings is 1. The molecule has 1 N–H and O–H groups in total. The Morgan fingerprint density at radius 2 is 1.94 bits per heavy atom. The summed E-state index contributed by atoms with van der Waals surface area (Å²) >= 11 is 3.22. The zero-order valence-corrected chi connectivity index (χ0v) is 10.9. The van der Waals surface area contributed by atoms with E-state index < -0.39 is 11.9 Å². The Balaban J connectivity index is 2.18. The van der Waals surface area contributed by atoms with Crippen LogP contribution in [0.4, 0.5) is 8.78 Å². The lowest BCUT2D eigenvalue weighted by atomic mass is 10.0. The fourth-order valence-electron chi connectivity index (χ4n) is 1.62. The van der Waals surface area contributed by atoms with E-state index in [0.29, 0.717) is 10.0 Å². The Morgan fingerprint density at radius 1 is 1.17 bits per heavy atom. The van der Waals surface area contributed by atoms with Crippen molar-refractivity contribution in [3.63, 3.8) is 0 Å². The van der Waals surface area contributed by atoms with Gasteiger partial charge >= 0.3 is 0 Å². The molecule has 0 saturated heterocycles. The predicted molar refractivity (Wildman–Crippen MR) is 67.0 cm³/mol. The van der Waals surface area contributed by atoms with E-state index in [9.17, 15) is 13.9 Å². The fourth-order valence-corrected chi connectivity index (χ4v) is 2.14. The van der Waals surface area contributed by atoms with Gasteiger partial charge in [0.1, 0.15) is 11.6 Å². The molecule has 1 aromatic heterocycles. The van der Waals surface area contributed by atoms with Crippen molar-refractivity contribution in [2.45, 2.75) is 12.5 Å². The van der Waals surface area contributed by atoms with E-state index in [2.05, 4.69) is 20.9 Å². The van der Waals surface area contributed by atoms with Gasteiger partial charge in [-0.15, -0.1) is 0 Å². The molecule has 2 rings (SSSR count). The molecular formula is C13H10BrF2NO. The summed E-state index contributed by atoms with van der Waals surface area (Å²) in [6.45, 7) is 0. The first-order chi connectivity index (χ1) is 8.56. The third-order valence-electron chi connectivity index (χ3n) is 2.54. The first kappa shape index (κ1) is 13.1. The van der Waals surface area contributed by atoms with E-state index in [1.807, 2.05) is 0 Å². The maximum absolute atomic E-state index is 13.0. The summed E-state index contributed by atoms with van der Waals surface area (Å²) in [5.74, 6) is -0.850. The summed E-state index contributed by atoms with van der Waals surface area (Å²) in [5.41, 5.74) is 1.14. The Bertz CT molecular complexity index is 562. The number of hydrogen-bond donors (Lipinski definition) is 1. The molecule has 0 bridgehead atoms. The van der Waals surface area contributed by atoms with Crippen LogP contribution in [0.2, 0.25) is 0 Å². The molecule has 1 atom stereocenters. The largest absolute Gasteiger partial charge is 0.388 e. The van der Waals surface area contributed by atoms with Gasteiger partial charge in [-0.3, -0.25) is 4.98 Å². The molecule has 94 valence electrons. The lowest BCUT2D eigenvalue weighted by Gasteiger charge is -2.12. The van der Waals surface area contributed by atoms with E-state index in [-0.39, 0.29) is 12.2 Å². The lowest BCUT2D eigenvalue weighted by Crippen LogP contribution is -2.03. The average molecular weight is 314 g/mol. The summed E-state index contributed by atoms with van der Waals surface area (Å²) in [6.07, 6.45) is 1.86. The van der Waals surface area contributed by atoms with Crippen LogP contribution < -0.4 is 0 Å². The number of rotatable bonds is 3. The highest BCUT2D eigenvalue weighted by Crippen LogP contribution is 2.24. The quantitative estimate of drug-likeness (QED) is 0.942. The smallest absolute Gasteiger partial charge is 0.141 e. The van der Waals surface area contributed by atoms with Gasteiger partial charge in [-0.2, -0.15) is 0 Å². The molecule has 0 fully saturated rings. The van der Waals surface area contributed by atoms with Crippen molar-refractivity contribution in [1.82, 2.24) is 4.98 Å². The van der Waals surface area contributed by atoms with Gasteiger partial charge in [0.05, 0.1) is 12.3 Å². The van der Waals surface area contributed by atoms with Crippen LogP contribution in [0.15, 0.2) is 41.1 Å². The molecule has 0 aliphatic carbocycles. The minimum Gasteiger partial charge on any atom is -0.388 e. The molecule has 1 aromatic carbocycles. The van der Waals surface area contributed by atoms with Gasteiger partial charge in [0.15, 0.2) is 0 Å². The summed E-state index contributed by atoms with van der Waals surface area (Å²) < 4.78 is 26.4. The first-order valence-corrected chi connectivity index (χ1v) is 6.08. The van der Waals surface area contributed by atoms with Crippen molar-refractivity contribution in [3.05, 3.63) is 63.9 Å². The van der Waals surface area contributed by atoms with Gasteiger partial charge in [0.2, 0.25) is 0 Å². The van der Waals surface area contributed by atoms with Crippen LogP contribution in [0.5, 0.6) is 0 Å². The van der Waals surface area contributed by atoms with E-state index in [4.69, 9.17) is 0 Å². The third-order valence-corrected chi connectivity index (χ3v) is 3.28. The van der Waals surface area contributed by atoms with E-state index >= 15 is 0 Å². The molecule has 0 aliphatic rings. The minimum atomic E-state index is -0.880. The summed E-state index contributed by atoms with van der Waals surface area (Å²) in [7, 11) is 0. The van der Waals surface area contributed by atoms with Gasteiger partial charge in [-0.05, 0) is 23.8 Å². The number of aliphatic hydroxyl groups excluding tert-OH is 1. The van der Waals surface area contributed by atoms with Gasteiger partial charge < -0.3 is 5.11 Å². The van der Waals surface area contributed by atoms with Crippen LogP contribution in [0.1, 0.15) is 17.2 Å². The molecule has 1 heterocycles. The van der Waals surface area contributed by atoms with Gasteiger partial charge in [0, 0.05) is 22.7 Å². The van der Waals surface area contributed by atoms with Crippen LogP contribution in [-0.2, 0) is 6.42 Å². The second-order valence-electron chi connectivity index (χ2n) is 3.89. The van der Waals surface area contributed by atoms with Gasteiger partial charge in [0.25, 0.3) is 0 Å². The van der Waals surface area contributed by atoms with E-state index in [0.717, 1.165) is 11.8 Å². The second kappa shape index (κ2) is 5.54. The number of benzene rings is 1. The molecule has 0 spiro atoms. The SMILES string of the molecule is OC(Cc1ccc(F)cc1Br)c1cncc(F)c1. The standard InChI is InChI=1S/C13H10BrF2NO/c14-12-5-10(15)2-1-8(12)4-13(18)9-3-11(16)7-17-6-9/h1-3,5-7,13,18H,4H2. The Kier molecular flexibility index (Phi) is 4.04. The number of halogens is 3. The monoisotopic (exact) mass is 313 g/mol. The van der Waals surface area contributed by atoms with E-state index in [1.165, 1.54) is 24.4 Å². The highest BCUT2D eigenvalue weighted by Gasteiger charge is 2.12. The molecule has 5 heteroatoms. The lowest BCUT2D eigenvalue weighted by molar-refractivity contribution is 0.177. The highest BCUT2D eigenvalue weighted by atomic mass is 79.9. The topological polar surface area (TPSA) is 33.1 Å². The molecule has 0 amide bonds. The van der Waals surface area contributed by atoms with Crippen LogP contribution in [0.3, 0.4) is 0 Å². The third kappa shape index (κ3) is 3.11. The average Bonchev–Trinajstić information content (AvgIpc) is 2.32. The van der Waals surface area contributed by atoms with Gasteiger partial charge in [-0.1, -0.05) is 22.0 Å². The molecule has 0 radical (unpaired) electrons. The number of aromatic nitrogens is 1. The van der Waals surface area contributed by atoms with Crippen molar-refractivity contribution < 1.29 is 13.9 Å². The molecule has 0 saturated carbocycles. The molecule has 2 aromatic rings. The maximum atomic E-state index is 13.0. The number of hydrogen-bond acceptors (Lipinski definition) is 2. The van der Waals surface area contributed by atoms with Gasteiger partial charge in [-0.25, -0.2) is 8.78 Å². The first-order valence-electron chi connectivity index (χ1n) is 5.28.